The van der Waals surface area contributed by atoms with Crippen LogP contribution in [-0.4, -0.2) is 73.7 Å². The minimum Gasteiger partial charge on any atom is -0.497 e. The van der Waals surface area contributed by atoms with Gasteiger partial charge in [0.15, 0.2) is 22.5 Å². The molecular weight excluding hydrogens is 560 g/mol. The van der Waals surface area contributed by atoms with Gasteiger partial charge in [0.05, 0.1) is 33.8 Å². The molecule has 2 aromatic carbocycles. The van der Waals surface area contributed by atoms with Crippen molar-refractivity contribution < 1.29 is 23.8 Å². The molecule has 5 N–H and O–H groups in total. The van der Waals surface area contributed by atoms with E-state index in [1.54, 1.807) is 14.2 Å². The van der Waals surface area contributed by atoms with Gasteiger partial charge in [0.25, 0.3) is 5.91 Å². The summed E-state index contributed by atoms with van der Waals surface area (Å²) in [5.74, 6) is 0.346. The van der Waals surface area contributed by atoms with E-state index in [1.807, 2.05) is 24.3 Å². The third kappa shape index (κ3) is 10.1. The van der Waals surface area contributed by atoms with E-state index in [4.69, 9.17) is 37.3 Å². The molecule has 0 saturated heterocycles. The van der Waals surface area contributed by atoms with Crippen molar-refractivity contribution in [2.24, 2.45) is 0 Å². The minimum atomic E-state index is -0.604. The second-order valence-electron chi connectivity index (χ2n) is 9.79. The van der Waals surface area contributed by atoms with E-state index in [0.29, 0.717) is 6.54 Å². The Hall–Kier alpha value is -4.09. The third-order valence-electron chi connectivity index (χ3n) is 6.77. The number of halogens is 1. The fourth-order valence-electron chi connectivity index (χ4n) is 4.51. The van der Waals surface area contributed by atoms with Gasteiger partial charge < -0.3 is 35.9 Å². The van der Waals surface area contributed by atoms with Gasteiger partial charge in [0.2, 0.25) is 0 Å². The number of esters is 1. The number of ether oxygens (including phenoxy) is 3. The van der Waals surface area contributed by atoms with Crippen LogP contribution >= 0.6 is 11.6 Å². The van der Waals surface area contributed by atoms with Gasteiger partial charge in [-0.25, -0.2) is 9.97 Å². The average Bonchev–Trinajstić information content (AvgIpc) is 2.99. The number of methoxy groups -OCH3 is 3. The first kappa shape index (κ1) is 32.4. The van der Waals surface area contributed by atoms with Crippen molar-refractivity contribution in [3.63, 3.8) is 0 Å². The Morgan fingerprint density at radius 2 is 1.38 bits per heavy atom. The SMILES string of the molecule is COC(=O)CC(CN(CCCc1ccc(OC)cc1)CCCc1ccc(OC)cc1)NC(=O)c1nc(Cl)c(N)nc1N. The third-order valence-corrected chi connectivity index (χ3v) is 7.05. The van der Waals surface area contributed by atoms with Crippen molar-refractivity contribution in [3.8, 4) is 11.5 Å². The summed E-state index contributed by atoms with van der Waals surface area (Å²) in [6.07, 6.45) is 3.44. The molecule has 0 fully saturated rings. The van der Waals surface area contributed by atoms with Crippen LogP contribution in [0.4, 0.5) is 11.6 Å². The first-order chi connectivity index (χ1) is 20.2. The lowest BCUT2D eigenvalue weighted by molar-refractivity contribution is -0.141. The van der Waals surface area contributed by atoms with E-state index < -0.39 is 17.9 Å². The summed E-state index contributed by atoms with van der Waals surface area (Å²) in [6, 6.07) is 15.4. The summed E-state index contributed by atoms with van der Waals surface area (Å²) >= 11 is 5.98. The largest absolute Gasteiger partial charge is 0.497 e. The monoisotopic (exact) mass is 598 g/mol. The summed E-state index contributed by atoms with van der Waals surface area (Å²) in [5, 5.41) is 2.74. The van der Waals surface area contributed by atoms with Crippen molar-refractivity contribution in [2.75, 3.05) is 52.4 Å². The number of carbonyl (C=O) groups is 2. The van der Waals surface area contributed by atoms with Crippen molar-refractivity contribution in [1.82, 2.24) is 20.2 Å². The quantitative estimate of drug-likeness (QED) is 0.208. The fraction of sp³-hybridized carbons (Fsp3) is 0.400. The predicted molar refractivity (Wildman–Crippen MR) is 163 cm³/mol. The highest BCUT2D eigenvalue weighted by Gasteiger charge is 2.24. The number of nitrogens with one attached hydrogen (secondary N) is 1. The summed E-state index contributed by atoms with van der Waals surface area (Å²) in [5.41, 5.74) is 13.8. The van der Waals surface area contributed by atoms with Crippen molar-refractivity contribution >= 4 is 35.1 Å². The number of nitrogens with zero attached hydrogens (tertiary/aromatic N) is 3. The Morgan fingerprint density at radius 3 is 1.86 bits per heavy atom. The molecule has 1 aromatic heterocycles. The molecule has 0 saturated carbocycles. The number of rotatable bonds is 16. The summed E-state index contributed by atoms with van der Waals surface area (Å²) < 4.78 is 15.4. The Kier molecular flexibility index (Phi) is 12.6. The zero-order chi connectivity index (χ0) is 30.5. The Morgan fingerprint density at radius 1 is 0.857 bits per heavy atom. The van der Waals surface area contributed by atoms with E-state index in [1.165, 1.54) is 18.2 Å². The molecule has 226 valence electrons. The van der Waals surface area contributed by atoms with Crippen LogP contribution in [-0.2, 0) is 22.4 Å². The smallest absolute Gasteiger partial charge is 0.307 e. The molecule has 3 rings (SSSR count). The number of aromatic nitrogens is 2. The zero-order valence-electron chi connectivity index (χ0n) is 24.3. The summed E-state index contributed by atoms with van der Waals surface area (Å²) in [6.45, 7) is 1.90. The molecule has 0 aliphatic rings. The number of anilines is 2. The number of nitrogens with two attached hydrogens (primary N) is 2. The van der Waals surface area contributed by atoms with Gasteiger partial charge in [0.1, 0.15) is 11.5 Å². The molecule has 12 heteroatoms. The van der Waals surface area contributed by atoms with Crippen LogP contribution < -0.4 is 26.3 Å². The van der Waals surface area contributed by atoms with E-state index >= 15 is 0 Å². The second kappa shape index (κ2) is 16.4. The highest BCUT2D eigenvalue weighted by Crippen LogP contribution is 2.18. The van der Waals surface area contributed by atoms with Crippen LogP contribution in [0.2, 0.25) is 5.15 Å². The van der Waals surface area contributed by atoms with Crippen LogP contribution in [0.25, 0.3) is 0 Å². The molecule has 0 bridgehead atoms. The van der Waals surface area contributed by atoms with Gasteiger partial charge in [0, 0.05) is 6.54 Å². The normalized spacial score (nSPS) is 11.6. The predicted octanol–water partition coefficient (Wildman–Crippen LogP) is 3.54. The molecule has 1 atom stereocenters. The van der Waals surface area contributed by atoms with Crippen molar-refractivity contribution in [2.45, 2.75) is 38.1 Å². The maximum Gasteiger partial charge on any atom is 0.307 e. The highest BCUT2D eigenvalue weighted by molar-refractivity contribution is 6.31. The molecule has 1 unspecified atom stereocenters. The number of benzene rings is 2. The van der Waals surface area contributed by atoms with E-state index in [-0.39, 0.29) is 28.9 Å². The van der Waals surface area contributed by atoms with Gasteiger partial charge in [-0.05, 0) is 74.2 Å². The topological polar surface area (TPSA) is 155 Å². The Bertz CT molecular complexity index is 1250. The molecule has 1 heterocycles. The van der Waals surface area contributed by atoms with Crippen LogP contribution in [0, 0.1) is 0 Å². The van der Waals surface area contributed by atoms with Gasteiger partial charge in [-0.3, -0.25) is 9.59 Å². The molecule has 0 aliphatic carbocycles. The number of aryl methyl sites for hydroxylation is 2. The molecule has 0 spiro atoms. The minimum absolute atomic E-state index is 0.0360. The summed E-state index contributed by atoms with van der Waals surface area (Å²) in [4.78, 5) is 35.5. The number of hydrogen-bond acceptors (Lipinski definition) is 10. The lowest BCUT2D eigenvalue weighted by Gasteiger charge is -2.28. The van der Waals surface area contributed by atoms with E-state index in [9.17, 15) is 9.59 Å². The molecule has 3 aromatic rings. The second-order valence-corrected chi connectivity index (χ2v) is 10.1. The Balaban J connectivity index is 1.71. The van der Waals surface area contributed by atoms with E-state index in [0.717, 1.165) is 50.3 Å². The molecule has 11 nitrogen and oxygen atoms in total. The van der Waals surface area contributed by atoms with Crippen LogP contribution in [0.3, 0.4) is 0 Å². The number of nitrogen functional groups attached to an aromatic ring is 2. The van der Waals surface area contributed by atoms with Gasteiger partial charge in [-0.1, -0.05) is 35.9 Å². The first-order valence-electron chi connectivity index (χ1n) is 13.7. The van der Waals surface area contributed by atoms with Crippen LogP contribution in [0.5, 0.6) is 11.5 Å². The molecular formula is C30H39ClN6O5. The standard InChI is InChI=1S/C30H39ClN6O5/c1-40-23-12-8-20(9-13-23)6-4-16-37(17-5-7-21-10-14-24(41-2)15-11-21)19-22(18-25(38)42-3)34-30(39)26-28(32)36-29(33)27(31)35-26/h8-15,22H,4-7,16-19H2,1-3H3,(H,34,39)(H4,32,33,36). The van der Waals surface area contributed by atoms with Crippen LogP contribution in [0.15, 0.2) is 48.5 Å². The summed E-state index contributed by atoms with van der Waals surface area (Å²) in [7, 11) is 4.60. The van der Waals surface area contributed by atoms with Crippen molar-refractivity contribution in [1.29, 1.82) is 0 Å². The van der Waals surface area contributed by atoms with Gasteiger partial charge >= 0.3 is 5.97 Å². The maximum absolute atomic E-state index is 13.1. The average molecular weight is 599 g/mol. The Labute approximate surface area is 251 Å². The molecule has 1 amide bonds. The highest BCUT2D eigenvalue weighted by atomic mass is 35.5. The molecule has 0 radical (unpaired) electrons. The van der Waals surface area contributed by atoms with Gasteiger partial charge in [-0.15, -0.1) is 0 Å². The number of hydrogen-bond donors (Lipinski definition) is 3. The van der Waals surface area contributed by atoms with Crippen LogP contribution in [0.1, 0.15) is 40.9 Å². The number of amides is 1. The zero-order valence-corrected chi connectivity index (χ0v) is 25.0. The molecule has 42 heavy (non-hydrogen) atoms. The first-order valence-corrected chi connectivity index (χ1v) is 14.0. The lowest BCUT2D eigenvalue weighted by Crippen LogP contribution is -2.46. The maximum atomic E-state index is 13.1. The number of carbonyl (C=O) groups excluding carboxylic acids is 2. The fourth-order valence-corrected chi connectivity index (χ4v) is 4.64. The lowest BCUT2D eigenvalue weighted by atomic mass is 10.1. The van der Waals surface area contributed by atoms with Gasteiger partial charge in [-0.2, -0.15) is 0 Å². The van der Waals surface area contributed by atoms with Crippen molar-refractivity contribution in [3.05, 3.63) is 70.5 Å². The molecule has 0 aliphatic heterocycles. The van der Waals surface area contributed by atoms with E-state index in [2.05, 4.69) is 44.5 Å².